The maximum Gasteiger partial charge on any atom is 0.223 e. The SMILES string of the molecule is COc1ccc(CSCC2CCc3nc(-c4ccc(F)cc4)c(-c4ccnc(NC5CCC5)n4)n32)cc1. The third-order valence-corrected chi connectivity index (χ3v) is 8.40. The van der Waals surface area contributed by atoms with Crippen molar-refractivity contribution < 1.29 is 9.13 Å². The second kappa shape index (κ2) is 10.5. The molecular formula is C29H30FN5OS. The summed E-state index contributed by atoms with van der Waals surface area (Å²) in [4.78, 5) is 14.5. The Labute approximate surface area is 220 Å². The van der Waals surface area contributed by atoms with Crippen molar-refractivity contribution in [1.82, 2.24) is 19.5 Å². The van der Waals surface area contributed by atoms with Crippen LogP contribution in [0.3, 0.4) is 0 Å². The van der Waals surface area contributed by atoms with Crippen LogP contribution in [-0.2, 0) is 12.2 Å². The molecule has 2 aromatic carbocycles. The van der Waals surface area contributed by atoms with Crippen LogP contribution in [0.1, 0.15) is 43.1 Å². The molecule has 6 rings (SSSR count). The van der Waals surface area contributed by atoms with Crippen LogP contribution in [0, 0.1) is 5.82 Å². The zero-order chi connectivity index (χ0) is 25.2. The molecule has 3 heterocycles. The van der Waals surface area contributed by atoms with Gasteiger partial charge in [0.25, 0.3) is 0 Å². The number of halogens is 1. The van der Waals surface area contributed by atoms with E-state index < -0.39 is 0 Å². The van der Waals surface area contributed by atoms with E-state index in [4.69, 9.17) is 14.7 Å². The van der Waals surface area contributed by atoms with E-state index in [9.17, 15) is 4.39 Å². The summed E-state index contributed by atoms with van der Waals surface area (Å²) in [6.07, 6.45) is 7.35. The lowest BCUT2D eigenvalue weighted by Crippen LogP contribution is -2.28. The smallest absolute Gasteiger partial charge is 0.223 e. The largest absolute Gasteiger partial charge is 0.497 e. The minimum Gasteiger partial charge on any atom is -0.497 e. The van der Waals surface area contributed by atoms with E-state index in [2.05, 4.69) is 27.0 Å². The molecule has 0 bridgehead atoms. The van der Waals surface area contributed by atoms with Crippen LogP contribution < -0.4 is 10.1 Å². The summed E-state index contributed by atoms with van der Waals surface area (Å²) in [5.74, 6) is 4.26. The fourth-order valence-electron chi connectivity index (χ4n) is 5.01. The highest BCUT2D eigenvalue weighted by molar-refractivity contribution is 7.98. The average Bonchev–Trinajstić information content (AvgIpc) is 3.47. The molecule has 2 aromatic heterocycles. The fraction of sp³-hybridized carbons (Fsp3) is 0.345. The zero-order valence-corrected chi connectivity index (χ0v) is 21.7. The van der Waals surface area contributed by atoms with Gasteiger partial charge in [-0.15, -0.1) is 0 Å². The molecule has 0 radical (unpaired) electrons. The Morgan fingerprint density at radius 1 is 1.03 bits per heavy atom. The van der Waals surface area contributed by atoms with E-state index in [0.29, 0.717) is 18.0 Å². The molecule has 6 nitrogen and oxygen atoms in total. The number of methoxy groups -OCH3 is 1. The van der Waals surface area contributed by atoms with Crippen LogP contribution in [0.25, 0.3) is 22.6 Å². The van der Waals surface area contributed by atoms with E-state index in [1.807, 2.05) is 36.2 Å². The van der Waals surface area contributed by atoms with E-state index in [1.165, 1.54) is 24.1 Å². The molecule has 190 valence electrons. The molecular weight excluding hydrogens is 485 g/mol. The first kappa shape index (κ1) is 24.0. The van der Waals surface area contributed by atoms with Gasteiger partial charge in [-0.3, -0.25) is 0 Å². The minimum atomic E-state index is -0.251. The van der Waals surface area contributed by atoms with Crippen molar-refractivity contribution in [2.75, 3.05) is 18.2 Å². The number of nitrogens with one attached hydrogen (secondary N) is 1. The molecule has 4 aromatic rings. The van der Waals surface area contributed by atoms with Gasteiger partial charge < -0.3 is 14.6 Å². The number of benzene rings is 2. The number of aromatic nitrogens is 4. The lowest BCUT2D eigenvalue weighted by atomic mass is 9.93. The van der Waals surface area contributed by atoms with Gasteiger partial charge in [0.1, 0.15) is 17.4 Å². The number of thioether (sulfide) groups is 1. The highest BCUT2D eigenvalue weighted by atomic mass is 32.2. The number of fused-ring (bicyclic) bond motifs is 1. The number of anilines is 1. The van der Waals surface area contributed by atoms with Crippen molar-refractivity contribution in [3.63, 3.8) is 0 Å². The maximum atomic E-state index is 13.7. The van der Waals surface area contributed by atoms with Crippen molar-refractivity contribution in [2.45, 2.75) is 49.9 Å². The number of imidazole rings is 1. The highest BCUT2D eigenvalue weighted by Crippen LogP contribution is 2.40. The summed E-state index contributed by atoms with van der Waals surface area (Å²) >= 11 is 1.93. The average molecular weight is 516 g/mol. The molecule has 0 amide bonds. The normalized spacial score (nSPS) is 16.9. The van der Waals surface area contributed by atoms with Gasteiger partial charge in [-0.25, -0.2) is 19.3 Å². The molecule has 0 saturated heterocycles. The Bertz CT molecular complexity index is 1370. The molecule has 1 unspecified atom stereocenters. The molecule has 1 aliphatic heterocycles. The third-order valence-electron chi connectivity index (χ3n) is 7.24. The molecule has 1 saturated carbocycles. The van der Waals surface area contributed by atoms with Gasteiger partial charge >= 0.3 is 0 Å². The van der Waals surface area contributed by atoms with Crippen LogP contribution in [0.15, 0.2) is 60.8 Å². The van der Waals surface area contributed by atoms with Gasteiger partial charge in [0.2, 0.25) is 5.95 Å². The van der Waals surface area contributed by atoms with E-state index in [1.54, 1.807) is 19.2 Å². The standard InChI is InChI=1S/C29H30FN5OS/c1-36-24-12-5-19(6-13-24)17-37-18-23-11-14-26-34-27(20-7-9-21(30)10-8-20)28(35(23)26)25-15-16-31-29(33-25)32-22-3-2-4-22/h5-10,12-13,15-16,22-23H,2-4,11,14,17-18H2,1H3,(H,31,32,33). The van der Waals surface area contributed by atoms with Crippen molar-refractivity contribution in [1.29, 1.82) is 0 Å². The second-order valence-electron chi connectivity index (χ2n) is 9.70. The van der Waals surface area contributed by atoms with Gasteiger partial charge in [-0.05, 0) is 73.7 Å². The van der Waals surface area contributed by atoms with Gasteiger partial charge in [-0.2, -0.15) is 11.8 Å². The van der Waals surface area contributed by atoms with Gasteiger partial charge in [0.05, 0.1) is 24.2 Å². The lowest BCUT2D eigenvalue weighted by molar-refractivity contribution is 0.414. The lowest BCUT2D eigenvalue weighted by Gasteiger charge is -2.26. The van der Waals surface area contributed by atoms with Gasteiger partial charge in [0, 0.05) is 41.8 Å². The first-order valence-corrected chi connectivity index (χ1v) is 14.0. The molecule has 8 heteroatoms. The summed E-state index contributed by atoms with van der Waals surface area (Å²) in [5.41, 5.74) is 4.88. The number of nitrogens with zero attached hydrogens (tertiary/aromatic N) is 4. The van der Waals surface area contributed by atoms with Gasteiger partial charge in [0.15, 0.2) is 0 Å². The van der Waals surface area contributed by atoms with Crippen molar-refractivity contribution in [3.05, 3.63) is 78.0 Å². The predicted octanol–water partition coefficient (Wildman–Crippen LogP) is 6.54. The van der Waals surface area contributed by atoms with E-state index in [-0.39, 0.29) is 5.82 Å². The molecule has 2 aliphatic rings. The summed E-state index contributed by atoms with van der Waals surface area (Å²) in [6.45, 7) is 0. The van der Waals surface area contributed by atoms with E-state index >= 15 is 0 Å². The summed E-state index contributed by atoms with van der Waals surface area (Å²) in [6, 6.07) is 17.6. The van der Waals surface area contributed by atoms with Crippen molar-refractivity contribution in [3.8, 4) is 28.4 Å². The number of hydrogen-bond acceptors (Lipinski definition) is 6. The number of hydrogen-bond donors (Lipinski definition) is 1. The number of rotatable bonds is 9. The van der Waals surface area contributed by atoms with Crippen molar-refractivity contribution in [2.24, 2.45) is 0 Å². The Balaban J connectivity index is 1.30. The van der Waals surface area contributed by atoms with Crippen molar-refractivity contribution >= 4 is 17.7 Å². The molecule has 1 fully saturated rings. The van der Waals surface area contributed by atoms with Crippen LogP contribution in [0.2, 0.25) is 0 Å². The Hall–Kier alpha value is -3.39. The molecule has 1 atom stereocenters. The summed E-state index contributed by atoms with van der Waals surface area (Å²) in [7, 11) is 1.69. The predicted molar refractivity (Wildman–Crippen MR) is 146 cm³/mol. The van der Waals surface area contributed by atoms with Crippen LogP contribution >= 0.6 is 11.8 Å². The van der Waals surface area contributed by atoms with Crippen LogP contribution in [0.4, 0.5) is 10.3 Å². The first-order chi connectivity index (χ1) is 18.2. The second-order valence-corrected chi connectivity index (χ2v) is 10.7. The molecule has 1 N–H and O–H groups in total. The zero-order valence-electron chi connectivity index (χ0n) is 20.9. The maximum absolute atomic E-state index is 13.7. The molecule has 0 spiro atoms. The third kappa shape index (κ3) is 5.07. The number of aryl methyl sites for hydroxylation is 1. The quantitative estimate of drug-likeness (QED) is 0.273. The summed E-state index contributed by atoms with van der Waals surface area (Å²) in [5, 5.41) is 3.47. The Morgan fingerprint density at radius 3 is 2.57 bits per heavy atom. The fourth-order valence-corrected chi connectivity index (χ4v) is 6.15. The Morgan fingerprint density at radius 2 is 1.84 bits per heavy atom. The molecule has 1 aliphatic carbocycles. The minimum absolute atomic E-state index is 0.251. The first-order valence-electron chi connectivity index (χ1n) is 12.9. The van der Waals surface area contributed by atoms with Gasteiger partial charge in [-0.1, -0.05) is 12.1 Å². The molecule has 37 heavy (non-hydrogen) atoms. The van der Waals surface area contributed by atoms with E-state index in [0.717, 1.165) is 71.4 Å². The summed E-state index contributed by atoms with van der Waals surface area (Å²) < 4.78 is 21.4. The van der Waals surface area contributed by atoms with Crippen LogP contribution in [-0.4, -0.2) is 38.4 Å². The highest BCUT2D eigenvalue weighted by Gasteiger charge is 2.31. The van der Waals surface area contributed by atoms with Crippen LogP contribution in [0.5, 0.6) is 5.75 Å². The topological polar surface area (TPSA) is 64.9 Å². The Kier molecular flexibility index (Phi) is 6.83. The number of ether oxygens (including phenoxy) is 1. The monoisotopic (exact) mass is 515 g/mol.